The first-order chi connectivity index (χ1) is 26.5. The van der Waals surface area contributed by atoms with Crippen LogP contribution in [0.15, 0.2) is 146 Å². The monoisotopic (exact) mass is 748 g/mol. The molecule has 0 radical (unpaired) electrons. The number of hydrogen-bond donors (Lipinski definition) is 0. The molecule has 0 fully saturated rings. The summed E-state index contributed by atoms with van der Waals surface area (Å²) in [7, 11) is 0. The number of aryl methyl sites for hydroxylation is 3. The predicted molar refractivity (Wildman–Crippen MR) is 237 cm³/mol. The quantitative estimate of drug-likeness (QED) is 0.176. The van der Waals surface area contributed by atoms with Gasteiger partial charge in [0.05, 0.1) is 0 Å². The standard InChI is InChI=1S/C28H20S.C21H13ClN2S/c1-17-9-3-5-11-20(17)25-18(2)28-27(23-14-8-7-13-22(23)25)26-21-12-6-4-10-19(21)15-16-24(26)29-28;1-12-10-11-15(14-7-3-2-6-13(12)14)18-20(22)24-21-19(23-18)16-8-4-5-9-17(16)25-21/h3-16H,1-2H3;2-11H,1H3. The van der Waals surface area contributed by atoms with Crippen molar-refractivity contribution in [2.75, 3.05) is 0 Å². The van der Waals surface area contributed by atoms with E-state index in [0.717, 1.165) is 32.4 Å². The zero-order chi connectivity index (χ0) is 36.5. The Morgan fingerprint density at radius 1 is 0.463 bits per heavy atom. The first kappa shape index (κ1) is 33.0. The topological polar surface area (TPSA) is 25.8 Å². The summed E-state index contributed by atoms with van der Waals surface area (Å²) in [6.45, 7) is 6.63. The Kier molecular flexibility index (Phi) is 7.95. The smallest absolute Gasteiger partial charge is 0.157 e. The van der Waals surface area contributed by atoms with E-state index in [2.05, 4.69) is 153 Å². The lowest BCUT2D eigenvalue weighted by atomic mass is 9.89. The van der Waals surface area contributed by atoms with Crippen molar-refractivity contribution < 1.29 is 0 Å². The second kappa shape index (κ2) is 13.0. The SMILES string of the molecule is Cc1ccc(-c2nc3c(nc2Cl)sc2ccccc23)c2ccccc12.Cc1ccccc1-c1c(C)c2sc3ccc4ccccc4c3c2c2ccccc12. The largest absolute Gasteiger partial charge is 0.241 e. The molecule has 0 aliphatic carbocycles. The average Bonchev–Trinajstić information content (AvgIpc) is 3.78. The third-order valence-corrected chi connectivity index (χ3v) is 13.3. The fourth-order valence-electron chi connectivity index (χ4n) is 8.16. The van der Waals surface area contributed by atoms with E-state index >= 15 is 0 Å². The number of hydrogen-bond acceptors (Lipinski definition) is 4. The van der Waals surface area contributed by atoms with Crippen molar-refractivity contribution in [3.05, 3.63) is 167 Å². The van der Waals surface area contributed by atoms with Gasteiger partial charge in [-0.1, -0.05) is 145 Å². The van der Waals surface area contributed by atoms with Gasteiger partial charge < -0.3 is 0 Å². The van der Waals surface area contributed by atoms with Crippen LogP contribution in [-0.2, 0) is 0 Å². The van der Waals surface area contributed by atoms with Crippen LogP contribution in [0.2, 0.25) is 5.15 Å². The number of halogens is 1. The summed E-state index contributed by atoms with van der Waals surface area (Å²) in [4.78, 5) is 10.4. The van der Waals surface area contributed by atoms with E-state index in [1.807, 2.05) is 29.5 Å². The lowest BCUT2D eigenvalue weighted by molar-refractivity contribution is 1.32. The minimum Gasteiger partial charge on any atom is -0.241 e. The first-order valence-electron chi connectivity index (χ1n) is 18.1. The number of rotatable bonds is 2. The van der Waals surface area contributed by atoms with E-state index in [9.17, 15) is 0 Å². The van der Waals surface area contributed by atoms with Gasteiger partial charge in [-0.15, -0.1) is 22.7 Å². The van der Waals surface area contributed by atoms with Gasteiger partial charge in [0.15, 0.2) is 5.15 Å². The lowest BCUT2D eigenvalue weighted by Crippen LogP contribution is -1.91. The van der Waals surface area contributed by atoms with Crippen LogP contribution < -0.4 is 0 Å². The highest BCUT2D eigenvalue weighted by Crippen LogP contribution is 2.48. The molecule has 3 aromatic heterocycles. The van der Waals surface area contributed by atoms with Crippen molar-refractivity contribution >= 4 is 107 Å². The fraction of sp³-hybridized carbons (Fsp3) is 0.0612. The molecule has 5 heteroatoms. The van der Waals surface area contributed by atoms with Crippen LogP contribution in [0.3, 0.4) is 0 Å². The van der Waals surface area contributed by atoms with Crippen LogP contribution in [0.5, 0.6) is 0 Å². The molecule has 0 saturated heterocycles. The average molecular weight is 749 g/mol. The summed E-state index contributed by atoms with van der Waals surface area (Å²) in [6, 6.07) is 51.8. The Hall–Kier alpha value is -5.65. The highest BCUT2D eigenvalue weighted by molar-refractivity contribution is 7.26. The van der Waals surface area contributed by atoms with Gasteiger partial charge in [-0.25, -0.2) is 9.97 Å². The Balaban J connectivity index is 0.000000135. The van der Waals surface area contributed by atoms with Gasteiger partial charge in [0.25, 0.3) is 0 Å². The molecule has 11 aromatic rings. The van der Waals surface area contributed by atoms with E-state index in [0.29, 0.717) is 5.15 Å². The van der Waals surface area contributed by atoms with Crippen molar-refractivity contribution in [2.24, 2.45) is 0 Å². The molecule has 0 aliphatic rings. The molecular weight excluding hydrogens is 716 g/mol. The summed E-state index contributed by atoms with van der Waals surface area (Å²) in [5.74, 6) is 0. The fourth-order valence-corrected chi connectivity index (χ4v) is 10.7. The Bertz CT molecular complexity index is 3280. The molecule has 2 nitrogen and oxygen atoms in total. The number of nitrogens with zero attached hydrogens (tertiary/aromatic N) is 2. The van der Waals surface area contributed by atoms with Crippen LogP contribution in [0, 0.1) is 20.8 Å². The van der Waals surface area contributed by atoms with E-state index in [1.165, 1.54) is 79.6 Å². The molecule has 0 amide bonds. The van der Waals surface area contributed by atoms with E-state index in [4.69, 9.17) is 16.6 Å². The Morgan fingerprint density at radius 2 is 1.13 bits per heavy atom. The van der Waals surface area contributed by atoms with Crippen LogP contribution in [0.4, 0.5) is 0 Å². The summed E-state index contributed by atoms with van der Waals surface area (Å²) >= 11 is 10.1. The highest BCUT2D eigenvalue weighted by atomic mass is 35.5. The van der Waals surface area contributed by atoms with Gasteiger partial charge >= 0.3 is 0 Å². The zero-order valence-electron chi connectivity index (χ0n) is 29.9. The molecular formula is C49H33ClN2S2. The number of benzene rings is 8. The molecule has 8 aromatic carbocycles. The summed E-state index contributed by atoms with van der Waals surface area (Å²) in [5, 5.41) is 12.1. The van der Waals surface area contributed by atoms with Crippen LogP contribution in [0.1, 0.15) is 16.7 Å². The minimum absolute atomic E-state index is 0.452. The maximum Gasteiger partial charge on any atom is 0.157 e. The molecule has 54 heavy (non-hydrogen) atoms. The van der Waals surface area contributed by atoms with Gasteiger partial charge in [-0.3, -0.25) is 0 Å². The molecule has 0 unspecified atom stereocenters. The van der Waals surface area contributed by atoms with Crippen LogP contribution in [-0.4, -0.2) is 9.97 Å². The molecule has 0 atom stereocenters. The van der Waals surface area contributed by atoms with Crippen molar-refractivity contribution in [3.8, 4) is 22.4 Å². The lowest BCUT2D eigenvalue weighted by Gasteiger charge is -2.15. The van der Waals surface area contributed by atoms with Crippen molar-refractivity contribution in [1.29, 1.82) is 0 Å². The van der Waals surface area contributed by atoms with Gasteiger partial charge in [-0.2, -0.15) is 0 Å². The molecule has 0 saturated carbocycles. The maximum absolute atomic E-state index is 6.54. The zero-order valence-corrected chi connectivity index (χ0v) is 32.3. The number of thiophene rings is 2. The van der Waals surface area contributed by atoms with Crippen molar-refractivity contribution in [1.82, 2.24) is 9.97 Å². The molecule has 258 valence electrons. The molecule has 0 bridgehead atoms. The molecule has 0 aliphatic heterocycles. The normalized spacial score (nSPS) is 11.7. The number of aromatic nitrogens is 2. The summed E-state index contributed by atoms with van der Waals surface area (Å²) < 4.78 is 3.96. The first-order valence-corrected chi connectivity index (χ1v) is 20.1. The van der Waals surface area contributed by atoms with Gasteiger partial charge in [0.2, 0.25) is 0 Å². The van der Waals surface area contributed by atoms with Gasteiger partial charge in [0.1, 0.15) is 16.0 Å². The second-order valence-electron chi connectivity index (χ2n) is 13.9. The maximum atomic E-state index is 6.54. The predicted octanol–water partition coefficient (Wildman–Crippen LogP) is 15.3. The van der Waals surface area contributed by atoms with Gasteiger partial charge in [0, 0.05) is 35.8 Å². The Morgan fingerprint density at radius 3 is 1.94 bits per heavy atom. The molecule has 11 rings (SSSR count). The van der Waals surface area contributed by atoms with E-state index < -0.39 is 0 Å². The van der Waals surface area contributed by atoms with Crippen molar-refractivity contribution in [2.45, 2.75) is 20.8 Å². The van der Waals surface area contributed by atoms with Gasteiger partial charge in [-0.05, 0) is 93.0 Å². The second-order valence-corrected chi connectivity index (χ2v) is 16.4. The molecule has 0 N–H and O–H groups in total. The van der Waals surface area contributed by atoms with Crippen molar-refractivity contribution in [3.63, 3.8) is 0 Å². The summed E-state index contributed by atoms with van der Waals surface area (Å²) in [5.41, 5.74) is 9.36. The van der Waals surface area contributed by atoms with E-state index in [-0.39, 0.29) is 0 Å². The van der Waals surface area contributed by atoms with Crippen LogP contribution in [0.25, 0.3) is 95.3 Å². The molecule has 0 spiro atoms. The highest BCUT2D eigenvalue weighted by Gasteiger charge is 2.20. The number of fused-ring (bicyclic) bond motifs is 11. The third-order valence-electron chi connectivity index (χ3n) is 10.7. The van der Waals surface area contributed by atoms with E-state index in [1.54, 1.807) is 11.3 Å². The van der Waals surface area contributed by atoms with Crippen LogP contribution >= 0.6 is 34.3 Å². The Labute approximate surface area is 325 Å². The molecule has 3 heterocycles. The third kappa shape index (κ3) is 5.20. The minimum atomic E-state index is 0.452. The summed E-state index contributed by atoms with van der Waals surface area (Å²) in [6.07, 6.45) is 0.